The summed E-state index contributed by atoms with van der Waals surface area (Å²) in [6.45, 7) is 0.473. The molecule has 0 amide bonds. The van der Waals surface area contributed by atoms with Crippen LogP contribution in [0.2, 0.25) is 0 Å². The van der Waals surface area contributed by atoms with Gasteiger partial charge in [-0.05, 0) is 42.0 Å². The summed E-state index contributed by atoms with van der Waals surface area (Å²) >= 11 is 0. The molecule has 0 bridgehead atoms. The molecule has 1 aromatic heterocycles. The van der Waals surface area contributed by atoms with Crippen molar-refractivity contribution in [2.75, 3.05) is 0 Å². The van der Waals surface area contributed by atoms with Gasteiger partial charge in [0, 0.05) is 29.2 Å². The van der Waals surface area contributed by atoms with Gasteiger partial charge in [0.1, 0.15) is 5.84 Å². The number of nitrogens with one attached hydrogen (secondary N) is 1. The minimum absolute atomic E-state index is 0.00221. The Morgan fingerprint density at radius 1 is 1.04 bits per heavy atom. The van der Waals surface area contributed by atoms with Gasteiger partial charge in [0.05, 0.1) is 5.56 Å². The fraction of sp³-hybridized carbons (Fsp3) is 0.118. The van der Waals surface area contributed by atoms with Crippen molar-refractivity contribution in [1.29, 1.82) is 5.41 Å². The summed E-state index contributed by atoms with van der Waals surface area (Å²) in [4.78, 5) is 0. The zero-order valence-electron chi connectivity index (χ0n) is 12.1. The third-order valence-corrected chi connectivity index (χ3v) is 3.72. The largest absolute Gasteiger partial charge is 0.416 e. The van der Waals surface area contributed by atoms with Gasteiger partial charge in [-0.1, -0.05) is 12.1 Å². The second-order valence-electron chi connectivity index (χ2n) is 5.33. The van der Waals surface area contributed by atoms with Crippen LogP contribution in [0.25, 0.3) is 10.9 Å². The van der Waals surface area contributed by atoms with Crippen LogP contribution in [0, 0.1) is 5.41 Å². The molecule has 0 atom stereocenters. The molecule has 0 aliphatic rings. The van der Waals surface area contributed by atoms with Gasteiger partial charge in [-0.2, -0.15) is 13.2 Å². The Labute approximate surface area is 130 Å². The molecule has 3 N–H and O–H groups in total. The lowest BCUT2D eigenvalue weighted by Crippen LogP contribution is -2.10. The van der Waals surface area contributed by atoms with Crippen LogP contribution in [0.4, 0.5) is 13.2 Å². The van der Waals surface area contributed by atoms with E-state index in [4.69, 9.17) is 11.1 Å². The predicted octanol–water partition coefficient (Wildman–Crippen LogP) is 3.99. The van der Waals surface area contributed by atoms with Crippen molar-refractivity contribution in [3.63, 3.8) is 0 Å². The Bertz CT molecular complexity index is 861. The van der Waals surface area contributed by atoms with Crippen molar-refractivity contribution in [1.82, 2.24) is 4.57 Å². The lowest BCUT2D eigenvalue weighted by Gasteiger charge is -2.09. The summed E-state index contributed by atoms with van der Waals surface area (Å²) in [7, 11) is 0. The molecule has 0 aliphatic carbocycles. The van der Waals surface area contributed by atoms with Gasteiger partial charge in [-0.25, -0.2) is 0 Å². The first-order valence-corrected chi connectivity index (χ1v) is 6.94. The van der Waals surface area contributed by atoms with Crippen molar-refractivity contribution in [2.24, 2.45) is 5.73 Å². The number of nitrogens with two attached hydrogens (primary N) is 1. The standard InChI is InChI=1S/C17H14F3N3/c18-17(19,20)14-4-1-11(2-5-14)10-23-8-7-12-9-13(16(21)22)3-6-15(12)23/h1-9H,10H2,(H3,21,22). The zero-order valence-corrected chi connectivity index (χ0v) is 12.1. The smallest absolute Gasteiger partial charge is 0.384 e. The van der Waals surface area contributed by atoms with E-state index in [1.165, 1.54) is 12.1 Å². The van der Waals surface area contributed by atoms with E-state index in [-0.39, 0.29) is 5.84 Å². The Kier molecular flexibility index (Phi) is 3.60. The minimum atomic E-state index is -4.32. The third-order valence-electron chi connectivity index (χ3n) is 3.72. The molecule has 6 heteroatoms. The van der Waals surface area contributed by atoms with E-state index in [1.807, 2.05) is 29.0 Å². The van der Waals surface area contributed by atoms with Crippen LogP contribution < -0.4 is 5.73 Å². The average molecular weight is 317 g/mol. The molecule has 3 nitrogen and oxygen atoms in total. The van der Waals surface area contributed by atoms with Gasteiger partial charge >= 0.3 is 6.18 Å². The van der Waals surface area contributed by atoms with Crippen molar-refractivity contribution < 1.29 is 13.2 Å². The number of amidine groups is 1. The summed E-state index contributed by atoms with van der Waals surface area (Å²) in [6.07, 6.45) is -2.45. The number of nitrogen functional groups attached to an aromatic ring is 1. The molecule has 0 radical (unpaired) electrons. The molecule has 0 fully saturated rings. The second-order valence-corrected chi connectivity index (χ2v) is 5.33. The maximum atomic E-state index is 12.6. The number of fused-ring (bicyclic) bond motifs is 1. The Hall–Kier alpha value is -2.76. The minimum Gasteiger partial charge on any atom is -0.384 e. The molecule has 0 aliphatic heterocycles. The molecule has 3 aromatic rings. The van der Waals surface area contributed by atoms with Crippen molar-refractivity contribution in [3.8, 4) is 0 Å². The van der Waals surface area contributed by atoms with E-state index in [0.29, 0.717) is 12.1 Å². The number of hydrogen-bond acceptors (Lipinski definition) is 1. The van der Waals surface area contributed by atoms with Gasteiger partial charge < -0.3 is 10.3 Å². The number of hydrogen-bond donors (Lipinski definition) is 2. The van der Waals surface area contributed by atoms with E-state index in [2.05, 4.69) is 0 Å². The summed E-state index contributed by atoms with van der Waals surface area (Å²) in [5, 5.41) is 8.38. The van der Waals surface area contributed by atoms with Gasteiger partial charge in [0.15, 0.2) is 0 Å². The molecule has 0 saturated heterocycles. The SMILES string of the molecule is N=C(N)c1ccc2c(ccn2Cc2ccc(C(F)(F)F)cc2)c1. The van der Waals surface area contributed by atoms with E-state index < -0.39 is 11.7 Å². The van der Waals surface area contributed by atoms with Crippen LogP contribution in [0.1, 0.15) is 16.7 Å². The number of benzene rings is 2. The van der Waals surface area contributed by atoms with Gasteiger partial charge in [-0.3, -0.25) is 5.41 Å². The first-order valence-electron chi connectivity index (χ1n) is 6.94. The first-order chi connectivity index (χ1) is 10.8. The molecule has 23 heavy (non-hydrogen) atoms. The molecule has 0 unspecified atom stereocenters. The quantitative estimate of drug-likeness (QED) is 0.557. The third kappa shape index (κ3) is 3.06. The van der Waals surface area contributed by atoms with Gasteiger partial charge in [0.2, 0.25) is 0 Å². The molecule has 0 spiro atoms. The predicted molar refractivity (Wildman–Crippen MR) is 83.5 cm³/mol. The van der Waals surface area contributed by atoms with Gasteiger partial charge in [-0.15, -0.1) is 0 Å². The van der Waals surface area contributed by atoms with Crippen molar-refractivity contribution in [2.45, 2.75) is 12.7 Å². The molecular formula is C17H14F3N3. The van der Waals surface area contributed by atoms with Crippen molar-refractivity contribution in [3.05, 3.63) is 71.4 Å². The summed E-state index contributed by atoms with van der Waals surface area (Å²) < 4.78 is 39.7. The van der Waals surface area contributed by atoms with Crippen LogP contribution in [0.3, 0.4) is 0 Å². The molecule has 0 saturated carbocycles. The number of rotatable bonds is 3. The number of nitrogens with zero attached hydrogens (tertiary/aromatic N) is 1. The average Bonchev–Trinajstić information content (AvgIpc) is 2.89. The fourth-order valence-corrected chi connectivity index (χ4v) is 2.50. The lowest BCUT2D eigenvalue weighted by atomic mass is 10.1. The fourth-order valence-electron chi connectivity index (χ4n) is 2.50. The Morgan fingerprint density at radius 3 is 2.35 bits per heavy atom. The summed E-state index contributed by atoms with van der Waals surface area (Å²) in [6, 6.07) is 12.5. The van der Waals surface area contributed by atoms with Crippen LogP contribution in [-0.2, 0) is 12.7 Å². The van der Waals surface area contributed by atoms with E-state index in [1.54, 1.807) is 6.07 Å². The molecule has 2 aromatic carbocycles. The number of alkyl halides is 3. The van der Waals surface area contributed by atoms with Crippen LogP contribution in [0.15, 0.2) is 54.7 Å². The van der Waals surface area contributed by atoms with Crippen LogP contribution in [0.5, 0.6) is 0 Å². The summed E-state index contributed by atoms with van der Waals surface area (Å²) in [5.74, 6) is 0.00221. The topological polar surface area (TPSA) is 54.8 Å². The number of halogens is 3. The lowest BCUT2D eigenvalue weighted by molar-refractivity contribution is -0.137. The second kappa shape index (κ2) is 5.46. The van der Waals surface area contributed by atoms with Crippen LogP contribution in [-0.4, -0.2) is 10.4 Å². The Balaban J connectivity index is 1.88. The highest BCUT2D eigenvalue weighted by atomic mass is 19.4. The first kappa shape index (κ1) is 15.1. The monoisotopic (exact) mass is 317 g/mol. The summed E-state index contributed by atoms with van der Waals surface area (Å²) in [5.41, 5.74) is 7.19. The molecule has 3 rings (SSSR count). The normalized spacial score (nSPS) is 11.8. The molecular weight excluding hydrogens is 303 g/mol. The van der Waals surface area contributed by atoms with E-state index in [0.717, 1.165) is 28.6 Å². The molecule has 1 heterocycles. The van der Waals surface area contributed by atoms with E-state index in [9.17, 15) is 13.2 Å². The van der Waals surface area contributed by atoms with Crippen molar-refractivity contribution >= 4 is 16.7 Å². The Morgan fingerprint density at radius 2 is 1.74 bits per heavy atom. The van der Waals surface area contributed by atoms with Crippen LogP contribution >= 0.6 is 0 Å². The highest BCUT2D eigenvalue weighted by Gasteiger charge is 2.29. The van der Waals surface area contributed by atoms with E-state index >= 15 is 0 Å². The molecule has 118 valence electrons. The van der Waals surface area contributed by atoms with Gasteiger partial charge in [0.25, 0.3) is 0 Å². The maximum absolute atomic E-state index is 12.6. The maximum Gasteiger partial charge on any atom is 0.416 e. The number of aromatic nitrogens is 1. The zero-order chi connectivity index (χ0) is 16.6. The highest BCUT2D eigenvalue weighted by molar-refractivity contribution is 5.98. The highest BCUT2D eigenvalue weighted by Crippen LogP contribution is 2.29.